The molecule has 7 heteroatoms. The number of rotatable bonds is 7. The van der Waals surface area contributed by atoms with Crippen molar-refractivity contribution in [2.24, 2.45) is 0 Å². The van der Waals surface area contributed by atoms with E-state index in [1.807, 2.05) is 37.3 Å². The molecule has 0 radical (unpaired) electrons. The van der Waals surface area contributed by atoms with Crippen LogP contribution in [0, 0.1) is 6.92 Å². The van der Waals surface area contributed by atoms with E-state index >= 15 is 0 Å². The second kappa shape index (κ2) is 10.7. The second-order valence-electron chi connectivity index (χ2n) is 7.98. The van der Waals surface area contributed by atoms with Crippen LogP contribution >= 0.6 is 0 Å². The zero-order valence-corrected chi connectivity index (χ0v) is 19.4. The highest BCUT2D eigenvalue weighted by molar-refractivity contribution is 5.88. The molecule has 1 N–H and O–H groups in total. The first kappa shape index (κ1) is 23.8. The Balaban J connectivity index is 1.57. The molecule has 1 aromatic heterocycles. The highest BCUT2D eigenvalue weighted by atomic mass is 16.6. The summed E-state index contributed by atoms with van der Waals surface area (Å²) in [4.78, 5) is 37.7. The van der Waals surface area contributed by atoms with Gasteiger partial charge in [-0.3, -0.25) is 0 Å². The maximum absolute atomic E-state index is 13.2. The molecule has 0 aliphatic rings. The molecule has 1 heterocycles. The Labute approximate surface area is 202 Å². The number of amides is 1. The molecule has 35 heavy (non-hydrogen) atoms. The van der Waals surface area contributed by atoms with Crippen molar-refractivity contribution >= 4 is 23.0 Å². The predicted molar refractivity (Wildman–Crippen MR) is 131 cm³/mol. The fourth-order valence-electron chi connectivity index (χ4n) is 3.78. The number of fused-ring (bicyclic) bond motifs is 1. The van der Waals surface area contributed by atoms with Gasteiger partial charge >= 0.3 is 17.7 Å². The number of ether oxygens (including phenoxy) is 2. The lowest BCUT2D eigenvalue weighted by Crippen LogP contribution is -2.36. The molecule has 4 rings (SSSR count). The quantitative estimate of drug-likeness (QED) is 0.225. The van der Waals surface area contributed by atoms with Crippen LogP contribution in [0.2, 0.25) is 0 Å². The zero-order chi connectivity index (χ0) is 24.8. The number of carbonyl (C=O) groups excluding carboxylic acids is 2. The van der Waals surface area contributed by atoms with E-state index in [4.69, 9.17) is 13.9 Å². The highest BCUT2D eigenvalue weighted by Gasteiger charge is 2.26. The van der Waals surface area contributed by atoms with Gasteiger partial charge in [0.25, 0.3) is 0 Å². The zero-order valence-electron chi connectivity index (χ0n) is 19.4. The van der Waals surface area contributed by atoms with Gasteiger partial charge in [0.05, 0.1) is 0 Å². The van der Waals surface area contributed by atoms with E-state index in [0.29, 0.717) is 23.1 Å². The largest absolute Gasteiger partial charge is 0.445 e. The van der Waals surface area contributed by atoms with E-state index in [-0.39, 0.29) is 12.4 Å². The van der Waals surface area contributed by atoms with Crippen molar-refractivity contribution in [3.8, 4) is 5.75 Å². The molecular formula is C28H25NO6. The number of esters is 1. The summed E-state index contributed by atoms with van der Waals surface area (Å²) in [6, 6.07) is 21.7. The van der Waals surface area contributed by atoms with Gasteiger partial charge in [0.15, 0.2) is 6.04 Å². The van der Waals surface area contributed by atoms with E-state index in [1.165, 1.54) is 6.07 Å². The van der Waals surface area contributed by atoms with Gasteiger partial charge in [-0.2, -0.15) is 0 Å². The number of hydrogen-bond acceptors (Lipinski definition) is 6. The molecule has 0 unspecified atom stereocenters. The van der Waals surface area contributed by atoms with Crippen LogP contribution in [0.25, 0.3) is 11.0 Å². The minimum atomic E-state index is -1.11. The van der Waals surface area contributed by atoms with Crippen LogP contribution < -0.4 is 15.7 Å². The number of nitrogens with one attached hydrogen (secondary N) is 1. The molecule has 0 saturated carbocycles. The summed E-state index contributed by atoms with van der Waals surface area (Å²) >= 11 is 0. The summed E-state index contributed by atoms with van der Waals surface area (Å²) in [7, 11) is 0. The Morgan fingerprint density at radius 1 is 0.971 bits per heavy atom. The van der Waals surface area contributed by atoms with Crippen molar-refractivity contribution < 1.29 is 23.5 Å². The minimum absolute atomic E-state index is 0.0613. The van der Waals surface area contributed by atoms with E-state index < -0.39 is 23.7 Å². The molecule has 178 valence electrons. The Morgan fingerprint density at radius 3 is 2.34 bits per heavy atom. The average Bonchev–Trinajstić information content (AvgIpc) is 2.88. The SMILES string of the molecule is CCc1cc(=O)oc2c(C)c(OC(=O)[C@H](NC(=O)OCc3ccccc3)c3ccccc3)ccc12. The molecular weight excluding hydrogens is 446 g/mol. The van der Waals surface area contributed by atoms with Gasteiger partial charge in [-0.25, -0.2) is 14.4 Å². The van der Waals surface area contributed by atoms with Crippen molar-refractivity contribution in [1.82, 2.24) is 5.32 Å². The van der Waals surface area contributed by atoms with Crippen LogP contribution in [0.4, 0.5) is 4.79 Å². The molecule has 1 atom stereocenters. The lowest BCUT2D eigenvalue weighted by molar-refractivity contribution is -0.136. The number of aryl methyl sites for hydroxylation is 2. The normalized spacial score (nSPS) is 11.6. The Hall–Kier alpha value is -4.39. The second-order valence-corrected chi connectivity index (χ2v) is 7.98. The van der Waals surface area contributed by atoms with Crippen LogP contribution in [-0.4, -0.2) is 12.1 Å². The third-order valence-corrected chi connectivity index (χ3v) is 5.63. The summed E-state index contributed by atoms with van der Waals surface area (Å²) < 4.78 is 16.4. The van der Waals surface area contributed by atoms with E-state index in [9.17, 15) is 14.4 Å². The average molecular weight is 472 g/mol. The standard InChI is InChI=1S/C28H25NO6/c1-3-20-16-24(30)35-26-18(2)23(15-14-22(20)26)34-27(31)25(21-12-8-5-9-13-21)29-28(32)33-17-19-10-6-4-7-11-19/h4-16,25H,3,17H2,1-2H3,(H,29,32)/t25-/m1/s1. The molecule has 0 spiro atoms. The van der Waals surface area contributed by atoms with Gasteiger partial charge < -0.3 is 19.2 Å². The molecule has 4 aromatic rings. The fourth-order valence-corrected chi connectivity index (χ4v) is 3.78. The monoisotopic (exact) mass is 471 g/mol. The van der Waals surface area contributed by atoms with Crippen LogP contribution in [0.5, 0.6) is 5.75 Å². The van der Waals surface area contributed by atoms with Crippen LogP contribution in [0.1, 0.15) is 35.2 Å². The number of benzene rings is 3. The molecule has 3 aromatic carbocycles. The van der Waals surface area contributed by atoms with Crippen LogP contribution in [-0.2, 0) is 22.6 Å². The van der Waals surface area contributed by atoms with E-state index in [1.54, 1.807) is 49.4 Å². The Kier molecular flexibility index (Phi) is 7.26. The minimum Gasteiger partial charge on any atom is -0.445 e. The third-order valence-electron chi connectivity index (χ3n) is 5.63. The van der Waals surface area contributed by atoms with Crippen molar-refractivity contribution in [3.05, 3.63) is 112 Å². The maximum Gasteiger partial charge on any atom is 0.408 e. The summed E-state index contributed by atoms with van der Waals surface area (Å²) in [5, 5.41) is 3.38. The Bertz CT molecular complexity index is 1400. The summed E-state index contributed by atoms with van der Waals surface area (Å²) in [5.41, 5.74) is 2.62. The van der Waals surface area contributed by atoms with Crippen molar-refractivity contribution in [3.63, 3.8) is 0 Å². The van der Waals surface area contributed by atoms with Gasteiger partial charge in [0.2, 0.25) is 0 Å². The molecule has 0 aliphatic carbocycles. The Morgan fingerprint density at radius 2 is 1.66 bits per heavy atom. The van der Waals surface area contributed by atoms with Crippen molar-refractivity contribution in [2.45, 2.75) is 32.9 Å². The summed E-state index contributed by atoms with van der Waals surface area (Å²) in [5.74, 6) is -0.469. The van der Waals surface area contributed by atoms with Gasteiger partial charge in [0.1, 0.15) is 17.9 Å². The summed E-state index contributed by atoms with van der Waals surface area (Å²) in [6.07, 6.45) is -0.0975. The smallest absolute Gasteiger partial charge is 0.408 e. The van der Waals surface area contributed by atoms with E-state index in [2.05, 4.69) is 5.32 Å². The molecule has 0 saturated heterocycles. The summed E-state index contributed by atoms with van der Waals surface area (Å²) in [6.45, 7) is 3.72. The molecule has 0 fully saturated rings. The predicted octanol–water partition coefficient (Wildman–Crippen LogP) is 5.24. The molecule has 0 bridgehead atoms. The first-order valence-corrected chi connectivity index (χ1v) is 11.3. The third kappa shape index (κ3) is 5.58. The number of carbonyl (C=O) groups is 2. The van der Waals surface area contributed by atoms with Gasteiger partial charge in [-0.15, -0.1) is 0 Å². The first-order chi connectivity index (χ1) is 17.0. The van der Waals surface area contributed by atoms with Crippen LogP contribution in [0.15, 0.2) is 88.1 Å². The topological polar surface area (TPSA) is 94.8 Å². The lowest BCUT2D eigenvalue weighted by atomic mass is 10.0. The number of hydrogen-bond donors (Lipinski definition) is 1. The van der Waals surface area contributed by atoms with Crippen molar-refractivity contribution in [2.75, 3.05) is 0 Å². The lowest BCUT2D eigenvalue weighted by Gasteiger charge is -2.19. The van der Waals surface area contributed by atoms with Gasteiger partial charge in [0, 0.05) is 17.0 Å². The highest BCUT2D eigenvalue weighted by Crippen LogP contribution is 2.30. The van der Waals surface area contributed by atoms with Gasteiger partial charge in [-0.1, -0.05) is 67.6 Å². The first-order valence-electron chi connectivity index (χ1n) is 11.3. The van der Waals surface area contributed by atoms with Crippen LogP contribution in [0.3, 0.4) is 0 Å². The molecule has 0 aliphatic heterocycles. The molecule has 7 nitrogen and oxygen atoms in total. The van der Waals surface area contributed by atoms with E-state index in [0.717, 1.165) is 16.5 Å². The fraction of sp³-hybridized carbons (Fsp3) is 0.179. The van der Waals surface area contributed by atoms with Gasteiger partial charge in [-0.05, 0) is 42.2 Å². The maximum atomic E-state index is 13.2. The van der Waals surface area contributed by atoms with Crippen molar-refractivity contribution in [1.29, 1.82) is 0 Å². The number of alkyl carbamates (subject to hydrolysis) is 1. The molecule has 1 amide bonds.